The van der Waals surface area contributed by atoms with Crippen LogP contribution in [0.1, 0.15) is 52.0 Å². The van der Waals surface area contributed by atoms with E-state index in [1.165, 1.54) is 31.2 Å². The first kappa shape index (κ1) is 30.2. The molecule has 0 spiro atoms. The summed E-state index contributed by atoms with van der Waals surface area (Å²) in [5.74, 6) is -0.929. The van der Waals surface area contributed by atoms with E-state index in [1.54, 1.807) is 0 Å². The van der Waals surface area contributed by atoms with Crippen LogP contribution in [0, 0.1) is 0 Å². The molecule has 37 heavy (non-hydrogen) atoms. The zero-order valence-corrected chi connectivity index (χ0v) is 21.5. The summed E-state index contributed by atoms with van der Waals surface area (Å²) >= 11 is 5.86. The average molecular weight is 547 g/mol. The summed E-state index contributed by atoms with van der Waals surface area (Å²) in [6, 6.07) is 6.64. The minimum Gasteiger partial charge on any atom is -0.481 e. The molecule has 1 N–H and O–H groups in total. The second kappa shape index (κ2) is 14.6. The van der Waals surface area contributed by atoms with Crippen LogP contribution in [0.4, 0.5) is 13.2 Å². The highest BCUT2D eigenvalue weighted by Gasteiger charge is 2.32. The molecule has 0 aliphatic heterocycles. The summed E-state index contributed by atoms with van der Waals surface area (Å²) in [5, 5.41) is 2.20. The number of nitrogens with zero attached hydrogens (tertiary/aromatic N) is 1. The van der Waals surface area contributed by atoms with Crippen molar-refractivity contribution in [2.24, 2.45) is 0 Å². The number of carbonyl (C=O) groups is 2. The third-order valence-electron chi connectivity index (χ3n) is 4.87. The Kier molecular flexibility index (Phi) is 11.9. The van der Waals surface area contributed by atoms with Crippen LogP contribution in [-0.2, 0) is 25.2 Å². The molecule has 8 nitrogen and oxygen atoms in total. The molecule has 1 heterocycles. The summed E-state index contributed by atoms with van der Waals surface area (Å²) in [7, 11) is 0. The Morgan fingerprint density at radius 1 is 1.05 bits per heavy atom. The number of amides is 1. The molecule has 1 amide bonds. The van der Waals surface area contributed by atoms with E-state index in [0.29, 0.717) is 24.8 Å². The molecule has 2 aromatic rings. The maximum Gasteiger partial charge on any atom is 0.417 e. The molecule has 0 radical (unpaired) electrons. The largest absolute Gasteiger partial charge is 0.481 e. The highest BCUT2D eigenvalue weighted by molar-refractivity contribution is 6.31. The third-order valence-corrected chi connectivity index (χ3v) is 5.14. The molecule has 0 aliphatic rings. The van der Waals surface area contributed by atoms with E-state index < -0.39 is 35.9 Å². The number of aromatic nitrogens is 1. The Morgan fingerprint density at radius 3 is 2.27 bits per heavy atom. The van der Waals surface area contributed by atoms with Gasteiger partial charge < -0.3 is 24.3 Å². The summed E-state index contributed by atoms with van der Waals surface area (Å²) in [6.45, 7) is 5.93. The van der Waals surface area contributed by atoms with Crippen LogP contribution in [0.15, 0.2) is 36.5 Å². The lowest BCUT2D eigenvalue weighted by Gasteiger charge is -2.21. The van der Waals surface area contributed by atoms with Crippen LogP contribution in [0.5, 0.6) is 17.4 Å². The van der Waals surface area contributed by atoms with Crippen molar-refractivity contribution < 1.29 is 41.7 Å². The number of hydrogen-bond donors (Lipinski definition) is 1. The van der Waals surface area contributed by atoms with Crippen molar-refractivity contribution in [1.29, 1.82) is 0 Å². The van der Waals surface area contributed by atoms with Crippen LogP contribution in [0.25, 0.3) is 0 Å². The monoisotopic (exact) mass is 546 g/mol. The fraction of sp³-hybridized carbons (Fsp3) is 0.480. The molecule has 0 saturated carbocycles. The zero-order chi connectivity index (χ0) is 27.4. The van der Waals surface area contributed by atoms with Crippen molar-refractivity contribution in [1.82, 2.24) is 10.3 Å². The Hall–Kier alpha value is -3.05. The Morgan fingerprint density at radius 2 is 1.68 bits per heavy atom. The molecular formula is C25H30ClF3N2O6. The van der Waals surface area contributed by atoms with Crippen LogP contribution in [0.3, 0.4) is 0 Å². The number of halogens is 4. The number of alkyl halides is 3. The van der Waals surface area contributed by atoms with Crippen molar-refractivity contribution >= 4 is 23.5 Å². The molecule has 0 aliphatic carbocycles. The molecule has 1 aromatic heterocycles. The second-order valence-electron chi connectivity index (χ2n) is 7.98. The quantitative estimate of drug-likeness (QED) is 0.179. The maximum absolute atomic E-state index is 12.8. The van der Waals surface area contributed by atoms with Gasteiger partial charge in [0.1, 0.15) is 16.5 Å². The highest BCUT2D eigenvalue weighted by Crippen LogP contribution is 2.34. The Balaban J connectivity index is 1.96. The summed E-state index contributed by atoms with van der Waals surface area (Å²) in [6.07, 6.45) is -3.08. The van der Waals surface area contributed by atoms with Crippen molar-refractivity contribution in [3.63, 3.8) is 0 Å². The van der Waals surface area contributed by atoms with Gasteiger partial charge in [-0.25, -0.2) is 9.78 Å². The van der Waals surface area contributed by atoms with Gasteiger partial charge in [0.2, 0.25) is 12.1 Å². The normalized spacial score (nSPS) is 12.9. The lowest BCUT2D eigenvalue weighted by atomic mass is 10.3. The van der Waals surface area contributed by atoms with Gasteiger partial charge in [0, 0.05) is 12.8 Å². The third kappa shape index (κ3) is 10.1. The number of ether oxygens (including phenoxy) is 4. The molecule has 12 heteroatoms. The molecule has 204 valence electrons. The smallest absolute Gasteiger partial charge is 0.417 e. The van der Waals surface area contributed by atoms with Gasteiger partial charge in [0.15, 0.2) is 6.10 Å². The van der Waals surface area contributed by atoms with E-state index in [9.17, 15) is 22.8 Å². The van der Waals surface area contributed by atoms with E-state index in [2.05, 4.69) is 10.3 Å². The van der Waals surface area contributed by atoms with Gasteiger partial charge in [-0.05, 0) is 50.1 Å². The topological polar surface area (TPSA) is 96.0 Å². The van der Waals surface area contributed by atoms with Gasteiger partial charge in [-0.2, -0.15) is 13.2 Å². The summed E-state index contributed by atoms with van der Waals surface area (Å²) in [5.41, 5.74) is -0.993. The number of pyridine rings is 1. The summed E-state index contributed by atoms with van der Waals surface area (Å²) in [4.78, 5) is 28.6. The first-order chi connectivity index (χ1) is 17.5. The van der Waals surface area contributed by atoms with Gasteiger partial charge in [0.05, 0.1) is 12.2 Å². The lowest BCUT2D eigenvalue weighted by molar-refractivity contribution is -0.163. The maximum atomic E-state index is 12.8. The summed E-state index contributed by atoms with van der Waals surface area (Å²) < 4.78 is 60.0. The van der Waals surface area contributed by atoms with E-state index in [1.807, 2.05) is 13.8 Å². The minimum atomic E-state index is -4.58. The van der Waals surface area contributed by atoms with Gasteiger partial charge >= 0.3 is 12.1 Å². The number of nitrogens with one attached hydrogen (secondary N) is 1. The predicted octanol–water partition coefficient (Wildman–Crippen LogP) is 5.92. The fourth-order valence-corrected chi connectivity index (χ4v) is 2.97. The average Bonchev–Trinajstić information content (AvgIpc) is 2.85. The Bertz CT molecular complexity index is 1020. The number of carbonyl (C=O) groups excluding carboxylic acids is 2. The fourth-order valence-electron chi connectivity index (χ4n) is 2.76. The predicted molar refractivity (Wildman–Crippen MR) is 130 cm³/mol. The van der Waals surface area contributed by atoms with E-state index in [-0.39, 0.29) is 29.9 Å². The van der Waals surface area contributed by atoms with Crippen molar-refractivity contribution in [3.8, 4) is 17.4 Å². The van der Waals surface area contributed by atoms with Gasteiger partial charge in [-0.15, -0.1) is 0 Å². The molecule has 2 unspecified atom stereocenters. The van der Waals surface area contributed by atoms with E-state index in [0.717, 1.165) is 18.9 Å². The van der Waals surface area contributed by atoms with Crippen molar-refractivity contribution in [2.75, 3.05) is 13.2 Å². The van der Waals surface area contributed by atoms with Crippen LogP contribution in [0.2, 0.25) is 5.02 Å². The van der Waals surface area contributed by atoms with Crippen molar-refractivity contribution in [2.45, 2.75) is 65.0 Å². The Labute approximate surface area is 218 Å². The molecular weight excluding hydrogens is 517 g/mol. The number of hydrogen-bond acceptors (Lipinski definition) is 7. The van der Waals surface area contributed by atoms with E-state index in [4.69, 9.17) is 30.5 Å². The number of esters is 1. The highest BCUT2D eigenvalue weighted by atomic mass is 35.5. The SMILES string of the molecule is CCCCOC(=O)C(NC(=O)C(C)Oc1ccc(Oc2ncc(C(F)(F)F)cc2Cl)cc1)OCCCC. The molecule has 1 aromatic carbocycles. The molecule has 2 atom stereocenters. The van der Waals surface area contributed by atoms with Crippen LogP contribution in [-0.4, -0.2) is 42.4 Å². The van der Waals surface area contributed by atoms with Crippen LogP contribution >= 0.6 is 11.6 Å². The number of unbranched alkanes of at least 4 members (excludes halogenated alkanes) is 2. The van der Waals surface area contributed by atoms with Gasteiger partial charge in [-0.1, -0.05) is 38.3 Å². The molecule has 0 fully saturated rings. The first-order valence-corrected chi connectivity index (χ1v) is 12.2. The lowest BCUT2D eigenvalue weighted by Crippen LogP contribution is -2.48. The number of benzene rings is 1. The van der Waals surface area contributed by atoms with Crippen LogP contribution < -0.4 is 14.8 Å². The van der Waals surface area contributed by atoms with E-state index >= 15 is 0 Å². The second-order valence-corrected chi connectivity index (χ2v) is 8.38. The molecule has 0 saturated heterocycles. The van der Waals surface area contributed by atoms with Gasteiger partial charge in [-0.3, -0.25) is 4.79 Å². The standard InChI is InChI=1S/C25H30ClF3N2O6/c1-4-6-12-34-23(24(33)35-13-7-5-2)31-21(32)16(3)36-18-8-10-19(11-9-18)37-22-20(26)14-17(15-30-22)25(27,28)29/h8-11,14-16,23H,4-7,12-13H2,1-3H3,(H,31,32). The van der Waals surface area contributed by atoms with Crippen molar-refractivity contribution in [3.05, 3.63) is 47.1 Å². The molecule has 2 rings (SSSR count). The van der Waals surface area contributed by atoms with Gasteiger partial charge in [0.25, 0.3) is 5.91 Å². The first-order valence-electron chi connectivity index (χ1n) is 11.8. The zero-order valence-electron chi connectivity index (χ0n) is 20.8. The number of rotatable bonds is 14. The molecule has 0 bridgehead atoms. The minimum absolute atomic E-state index is 0.198.